The second-order valence-corrected chi connectivity index (χ2v) is 5.08. The number of aromatic nitrogens is 1. The predicted molar refractivity (Wildman–Crippen MR) is 74.1 cm³/mol. The number of hydrogen-bond donors (Lipinski definition) is 2. The summed E-state index contributed by atoms with van der Waals surface area (Å²) in [5.41, 5.74) is 2.35. The molecule has 0 aliphatic heterocycles. The lowest BCUT2D eigenvalue weighted by atomic mass is 10.1. The maximum Gasteiger partial charge on any atom is 0.407 e. The Labute approximate surface area is 112 Å². The number of hydrogen-bond acceptors (Lipinski definition) is 2. The van der Waals surface area contributed by atoms with E-state index in [1.165, 1.54) is 23.8 Å². The Kier molecular flexibility index (Phi) is 3.40. The summed E-state index contributed by atoms with van der Waals surface area (Å²) in [6.07, 6.45) is 4.90. The zero-order valence-electron chi connectivity index (χ0n) is 10.8. The Morgan fingerprint density at radius 2 is 2.21 bits per heavy atom. The first kappa shape index (κ1) is 12.1. The molecule has 1 saturated carbocycles. The fourth-order valence-electron chi connectivity index (χ4n) is 2.17. The number of H-pyrrole nitrogens is 1. The molecule has 4 nitrogen and oxygen atoms in total. The number of nitrogens with one attached hydrogen (secondary N) is 2. The van der Waals surface area contributed by atoms with E-state index in [1.54, 1.807) is 0 Å². The highest BCUT2D eigenvalue weighted by Gasteiger charge is 2.22. The molecule has 0 bridgehead atoms. The predicted octanol–water partition coefficient (Wildman–Crippen LogP) is 2.85. The van der Waals surface area contributed by atoms with Gasteiger partial charge in [-0.25, -0.2) is 4.79 Å². The van der Waals surface area contributed by atoms with E-state index in [2.05, 4.69) is 22.4 Å². The van der Waals surface area contributed by atoms with Crippen LogP contribution in [-0.4, -0.2) is 24.2 Å². The molecule has 19 heavy (non-hydrogen) atoms. The van der Waals surface area contributed by atoms with Crippen LogP contribution in [0.4, 0.5) is 4.79 Å². The lowest BCUT2D eigenvalue weighted by Crippen LogP contribution is -2.27. The quantitative estimate of drug-likeness (QED) is 0.866. The standard InChI is InChI=1S/C15H18N2O2/c18-15(19-10-11-5-6-11)16-8-7-12-9-17-14-4-2-1-3-13(12)14/h1-4,9,11,17H,5-8,10H2,(H,16,18). The number of alkyl carbamates (subject to hydrolysis) is 1. The van der Waals surface area contributed by atoms with Crippen molar-refractivity contribution in [1.82, 2.24) is 10.3 Å². The SMILES string of the molecule is O=C(NCCc1c[nH]c2ccccc12)OCC1CC1. The van der Waals surface area contributed by atoms with Gasteiger partial charge in [0.25, 0.3) is 0 Å². The normalized spacial score (nSPS) is 14.5. The summed E-state index contributed by atoms with van der Waals surface area (Å²) >= 11 is 0. The zero-order valence-corrected chi connectivity index (χ0v) is 10.8. The van der Waals surface area contributed by atoms with Gasteiger partial charge in [0.2, 0.25) is 0 Å². The van der Waals surface area contributed by atoms with Crippen molar-refractivity contribution in [2.75, 3.05) is 13.2 Å². The summed E-state index contributed by atoms with van der Waals surface area (Å²) in [7, 11) is 0. The van der Waals surface area contributed by atoms with Crippen LogP contribution in [0.15, 0.2) is 30.5 Å². The highest BCUT2D eigenvalue weighted by atomic mass is 16.5. The Bertz CT molecular complexity index is 572. The van der Waals surface area contributed by atoms with Gasteiger partial charge < -0.3 is 15.0 Å². The molecule has 3 rings (SSSR count). The fourth-order valence-corrected chi connectivity index (χ4v) is 2.17. The maximum absolute atomic E-state index is 11.4. The minimum Gasteiger partial charge on any atom is -0.449 e. The van der Waals surface area contributed by atoms with Crippen molar-refractivity contribution in [1.29, 1.82) is 0 Å². The highest BCUT2D eigenvalue weighted by molar-refractivity contribution is 5.83. The number of rotatable bonds is 5. The van der Waals surface area contributed by atoms with E-state index < -0.39 is 0 Å². The van der Waals surface area contributed by atoms with Crippen LogP contribution in [0.3, 0.4) is 0 Å². The van der Waals surface area contributed by atoms with Crippen molar-refractivity contribution < 1.29 is 9.53 Å². The van der Waals surface area contributed by atoms with Gasteiger partial charge in [-0.15, -0.1) is 0 Å². The third-order valence-electron chi connectivity index (χ3n) is 3.49. The molecular weight excluding hydrogens is 240 g/mol. The van der Waals surface area contributed by atoms with E-state index in [1.807, 2.05) is 18.3 Å². The number of carbonyl (C=O) groups is 1. The smallest absolute Gasteiger partial charge is 0.407 e. The number of amides is 1. The lowest BCUT2D eigenvalue weighted by Gasteiger charge is -2.05. The second kappa shape index (κ2) is 5.34. The molecule has 1 aromatic carbocycles. The van der Waals surface area contributed by atoms with Crippen molar-refractivity contribution >= 4 is 17.0 Å². The van der Waals surface area contributed by atoms with Crippen LogP contribution in [-0.2, 0) is 11.2 Å². The molecule has 4 heteroatoms. The number of benzene rings is 1. The van der Waals surface area contributed by atoms with Gasteiger partial charge in [-0.05, 0) is 36.8 Å². The van der Waals surface area contributed by atoms with Gasteiger partial charge in [0, 0.05) is 23.6 Å². The van der Waals surface area contributed by atoms with Crippen molar-refractivity contribution in [2.45, 2.75) is 19.3 Å². The minimum atomic E-state index is -0.299. The fraction of sp³-hybridized carbons (Fsp3) is 0.400. The van der Waals surface area contributed by atoms with Gasteiger partial charge in [0.05, 0.1) is 6.61 Å². The summed E-state index contributed by atoms with van der Waals surface area (Å²) in [6.45, 7) is 1.17. The molecule has 1 aliphatic carbocycles. The highest BCUT2D eigenvalue weighted by Crippen LogP contribution is 2.28. The number of ether oxygens (including phenoxy) is 1. The van der Waals surface area contributed by atoms with E-state index in [0.29, 0.717) is 19.1 Å². The summed E-state index contributed by atoms with van der Waals surface area (Å²) in [4.78, 5) is 14.7. The molecule has 1 heterocycles. The first-order valence-corrected chi connectivity index (χ1v) is 6.78. The van der Waals surface area contributed by atoms with E-state index in [4.69, 9.17) is 4.74 Å². The Hall–Kier alpha value is -1.97. The summed E-state index contributed by atoms with van der Waals surface area (Å²) in [6, 6.07) is 8.18. The second-order valence-electron chi connectivity index (χ2n) is 5.08. The zero-order chi connectivity index (χ0) is 13.1. The van der Waals surface area contributed by atoms with Crippen LogP contribution in [0.2, 0.25) is 0 Å². The van der Waals surface area contributed by atoms with Crippen molar-refractivity contribution in [3.05, 3.63) is 36.0 Å². The number of fused-ring (bicyclic) bond motifs is 1. The van der Waals surface area contributed by atoms with E-state index in [-0.39, 0.29) is 6.09 Å². The van der Waals surface area contributed by atoms with Gasteiger partial charge >= 0.3 is 6.09 Å². The number of para-hydroxylation sites is 1. The van der Waals surface area contributed by atoms with Gasteiger partial charge in [0.1, 0.15) is 0 Å². The molecule has 1 fully saturated rings. The molecule has 0 spiro atoms. The summed E-state index contributed by atoms with van der Waals surface area (Å²) in [5, 5.41) is 4.01. The molecule has 2 N–H and O–H groups in total. The van der Waals surface area contributed by atoms with Gasteiger partial charge in [-0.2, -0.15) is 0 Å². The van der Waals surface area contributed by atoms with E-state index in [0.717, 1.165) is 11.9 Å². The molecule has 2 aromatic rings. The van der Waals surface area contributed by atoms with Crippen LogP contribution in [0.25, 0.3) is 10.9 Å². The summed E-state index contributed by atoms with van der Waals surface area (Å²) < 4.78 is 5.11. The molecule has 0 unspecified atom stereocenters. The summed E-state index contributed by atoms with van der Waals surface area (Å²) in [5.74, 6) is 0.611. The van der Waals surface area contributed by atoms with Gasteiger partial charge in [-0.1, -0.05) is 18.2 Å². The number of carbonyl (C=O) groups excluding carboxylic acids is 1. The van der Waals surface area contributed by atoms with Crippen LogP contribution >= 0.6 is 0 Å². The topological polar surface area (TPSA) is 54.1 Å². The van der Waals surface area contributed by atoms with Crippen LogP contribution < -0.4 is 5.32 Å². The molecule has 100 valence electrons. The van der Waals surface area contributed by atoms with Gasteiger partial charge in [-0.3, -0.25) is 0 Å². The molecule has 1 aromatic heterocycles. The largest absolute Gasteiger partial charge is 0.449 e. The molecule has 0 saturated heterocycles. The Morgan fingerprint density at radius 1 is 1.37 bits per heavy atom. The third kappa shape index (κ3) is 3.08. The van der Waals surface area contributed by atoms with Crippen LogP contribution in [0.5, 0.6) is 0 Å². The average molecular weight is 258 g/mol. The molecule has 0 atom stereocenters. The van der Waals surface area contributed by atoms with Crippen molar-refractivity contribution in [3.8, 4) is 0 Å². The lowest BCUT2D eigenvalue weighted by molar-refractivity contribution is 0.141. The van der Waals surface area contributed by atoms with Crippen molar-refractivity contribution in [3.63, 3.8) is 0 Å². The average Bonchev–Trinajstić information content (AvgIpc) is 3.18. The van der Waals surface area contributed by atoms with E-state index in [9.17, 15) is 4.79 Å². The number of aromatic amines is 1. The van der Waals surface area contributed by atoms with Crippen LogP contribution in [0.1, 0.15) is 18.4 Å². The maximum atomic E-state index is 11.4. The first-order valence-electron chi connectivity index (χ1n) is 6.78. The molecular formula is C15H18N2O2. The Balaban J connectivity index is 1.47. The molecule has 0 radical (unpaired) electrons. The first-order chi connectivity index (χ1) is 9.33. The Morgan fingerprint density at radius 3 is 3.05 bits per heavy atom. The monoisotopic (exact) mass is 258 g/mol. The molecule has 1 amide bonds. The van der Waals surface area contributed by atoms with E-state index >= 15 is 0 Å². The van der Waals surface area contributed by atoms with Crippen molar-refractivity contribution in [2.24, 2.45) is 5.92 Å². The van der Waals surface area contributed by atoms with Crippen LogP contribution in [0, 0.1) is 5.92 Å². The molecule has 1 aliphatic rings. The third-order valence-corrected chi connectivity index (χ3v) is 3.49. The van der Waals surface area contributed by atoms with Gasteiger partial charge in [0.15, 0.2) is 0 Å². The minimum absolute atomic E-state index is 0.299.